The van der Waals surface area contributed by atoms with Gasteiger partial charge in [-0.3, -0.25) is 0 Å². The summed E-state index contributed by atoms with van der Waals surface area (Å²) in [5.74, 6) is 0. The SMILES string of the molecule is CCN(CC(C)(C)CN)c1c(C)cccc1C#N. The van der Waals surface area contributed by atoms with Crippen LogP contribution in [-0.4, -0.2) is 19.6 Å². The molecule has 0 fully saturated rings. The third kappa shape index (κ3) is 3.24. The summed E-state index contributed by atoms with van der Waals surface area (Å²) in [4.78, 5) is 2.25. The molecule has 0 aliphatic carbocycles. The lowest BCUT2D eigenvalue weighted by Crippen LogP contribution is -2.39. The molecule has 3 nitrogen and oxygen atoms in total. The molecule has 1 aromatic rings. The third-order valence-electron chi connectivity index (χ3n) is 3.23. The molecule has 3 heteroatoms. The van der Waals surface area contributed by atoms with Crippen LogP contribution in [0.15, 0.2) is 18.2 Å². The van der Waals surface area contributed by atoms with Crippen LogP contribution in [-0.2, 0) is 0 Å². The second kappa shape index (κ2) is 5.88. The van der Waals surface area contributed by atoms with Gasteiger partial charge in [0.1, 0.15) is 6.07 Å². The Balaban J connectivity index is 3.14. The fraction of sp³-hybridized carbons (Fsp3) is 0.533. The van der Waals surface area contributed by atoms with E-state index in [1.807, 2.05) is 25.1 Å². The summed E-state index contributed by atoms with van der Waals surface area (Å²) in [6.07, 6.45) is 0. The Bertz CT molecular complexity index is 444. The van der Waals surface area contributed by atoms with Gasteiger partial charge in [-0.15, -0.1) is 0 Å². The van der Waals surface area contributed by atoms with E-state index >= 15 is 0 Å². The van der Waals surface area contributed by atoms with Gasteiger partial charge in [0.25, 0.3) is 0 Å². The van der Waals surface area contributed by atoms with Crippen LogP contribution >= 0.6 is 0 Å². The van der Waals surface area contributed by atoms with Crippen LogP contribution in [0.4, 0.5) is 5.69 Å². The number of rotatable bonds is 5. The first-order valence-electron chi connectivity index (χ1n) is 6.40. The minimum Gasteiger partial charge on any atom is -0.370 e. The first kappa shape index (κ1) is 14.5. The molecule has 0 aliphatic heterocycles. The van der Waals surface area contributed by atoms with Gasteiger partial charge in [-0.25, -0.2) is 0 Å². The van der Waals surface area contributed by atoms with Crippen molar-refractivity contribution in [2.75, 3.05) is 24.5 Å². The fourth-order valence-electron chi connectivity index (χ4n) is 2.10. The largest absolute Gasteiger partial charge is 0.370 e. The molecule has 0 aliphatic rings. The van der Waals surface area contributed by atoms with Gasteiger partial charge in [-0.2, -0.15) is 5.26 Å². The Hall–Kier alpha value is -1.53. The lowest BCUT2D eigenvalue weighted by Gasteiger charge is -2.34. The van der Waals surface area contributed by atoms with Crippen molar-refractivity contribution in [3.05, 3.63) is 29.3 Å². The van der Waals surface area contributed by atoms with Crippen molar-refractivity contribution in [1.82, 2.24) is 0 Å². The highest BCUT2D eigenvalue weighted by molar-refractivity contribution is 5.64. The van der Waals surface area contributed by atoms with E-state index < -0.39 is 0 Å². The molecule has 0 atom stereocenters. The lowest BCUT2D eigenvalue weighted by atomic mass is 9.92. The summed E-state index contributed by atoms with van der Waals surface area (Å²) >= 11 is 0. The average Bonchev–Trinajstić information content (AvgIpc) is 2.36. The van der Waals surface area contributed by atoms with Crippen molar-refractivity contribution in [3.8, 4) is 6.07 Å². The van der Waals surface area contributed by atoms with E-state index in [9.17, 15) is 5.26 Å². The minimum atomic E-state index is 0.0466. The number of hydrogen-bond donors (Lipinski definition) is 1. The van der Waals surface area contributed by atoms with E-state index in [1.54, 1.807) is 0 Å². The Morgan fingerprint density at radius 1 is 1.39 bits per heavy atom. The summed E-state index contributed by atoms with van der Waals surface area (Å²) < 4.78 is 0. The highest BCUT2D eigenvalue weighted by Crippen LogP contribution is 2.27. The number of para-hydroxylation sites is 1. The van der Waals surface area contributed by atoms with Crippen molar-refractivity contribution in [2.24, 2.45) is 11.1 Å². The van der Waals surface area contributed by atoms with E-state index in [4.69, 9.17) is 5.73 Å². The van der Waals surface area contributed by atoms with E-state index in [0.717, 1.165) is 29.9 Å². The van der Waals surface area contributed by atoms with Crippen molar-refractivity contribution >= 4 is 5.69 Å². The molecule has 98 valence electrons. The summed E-state index contributed by atoms with van der Waals surface area (Å²) in [5.41, 5.74) is 8.78. The van der Waals surface area contributed by atoms with Crippen LogP contribution in [0.25, 0.3) is 0 Å². The molecule has 1 rings (SSSR count). The molecule has 0 bridgehead atoms. The van der Waals surface area contributed by atoms with Crippen LogP contribution in [0, 0.1) is 23.7 Å². The Labute approximate surface area is 110 Å². The van der Waals surface area contributed by atoms with Crippen LogP contribution < -0.4 is 10.6 Å². The first-order valence-corrected chi connectivity index (χ1v) is 6.40. The van der Waals surface area contributed by atoms with Gasteiger partial charge in [0, 0.05) is 13.1 Å². The molecule has 0 aromatic heterocycles. The van der Waals surface area contributed by atoms with Gasteiger partial charge < -0.3 is 10.6 Å². The van der Waals surface area contributed by atoms with Gasteiger partial charge in [0.2, 0.25) is 0 Å². The maximum Gasteiger partial charge on any atom is 0.101 e. The second-order valence-electron chi connectivity index (χ2n) is 5.47. The topological polar surface area (TPSA) is 53.0 Å². The van der Waals surface area contributed by atoms with Crippen molar-refractivity contribution in [3.63, 3.8) is 0 Å². The summed E-state index contributed by atoms with van der Waals surface area (Å²) in [6.45, 7) is 10.8. The molecule has 0 unspecified atom stereocenters. The number of benzene rings is 1. The Morgan fingerprint density at radius 3 is 2.56 bits per heavy atom. The number of anilines is 1. The predicted octanol–water partition coefficient (Wildman–Crippen LogP) is 2.68. The molecule has 0 saturated heterocycles. The lowest BCUT2D eigenvalue weighted by molar-refractivity contribution is 0.379. The molecular weight excluding hydrogens is 222 g/mol. The second-order valence-corrected chi connectivity index (χ2v) is 5.47. The number of hydrogen-bond acceptors (Lipinski definition) is 3. The molecule has 0 amide bonds. The van der Waals surface area contributed by atoms with Gasteiger partial charge in [-0.1, -0.05) is 26.0 Å². The van der Waals surface area contributed by atoms with Crippen LogP contribution in [0.1, 0.15) is 31.9 Å². The minimum absolute atomic E-state index is 0.0466. The van der Waals surface area contributed by atoms with Crippen molar-refractivity contribution in [1.29, 1.82) is 5.26 Å². The number of nitriles is 1. The van der Waals surface area contributed by atoms with Crippen LogP contribution in [0.2, 0.25) is 0 Å². The highest BCUT2D eigenvalue weighted by atomic mass is 15.1. The van der Waals surface area contributed by atoms with Crippen molar-refractivity contribution < 1.29 is 0 Å². The normalized spacial score (nSPS) is 11.1. The zero-order valence-electron chi connectivity index (χ0n) is 11.8. The number of nitrogens with two attached hydrogens (primary N) is 1. The maximum atomic E-state index is 9.24. The third-order valence-corrected chi connectivity index (χ3v) is 3.23. The quantitative estimate of drug-likeness (QED) is 0.867. The van der Waals surface area contributed by atoms with E-state index in [2.05, 4.69) is 31.7 Å². The molecule has 0 heterocycles. The molecular formula is C15H23N3. The summed E-state index contributed by atoms with van der Waals surface area (Å²) in [5, 5.41) is 9.24. The van der Waals surface area contributed by atoms with Gasteiger partial charge in [-0.05, 0) is 37.4 Å². The predicted molar refractivity (Wildman–Crippen MR) is 76.6 cm³/mol. The molecule has 0 radical (unpaired) electrons. The number of nitrogens with zero attached hydrogens (tertiary/aromatic N) is 2. The molecule has 0 spiro atoms. The van der Waals surface area contributed by atoms with E-state index in [0.29, 0.717) is 6.54 Å². The molecule has 2 N–H and O–H groups in total. The van der Waals surface area contributed by atoms with Gasteiger partial charge >= 0.3 is 0 Å². The molecule has 0 saturated carbocycles. The zero-order chi connectivity index (χ0) is 13.8. The number of aryl methyl sites for hydroxylation is 1. The summed E-state index contributed by atoms with van der Waals surface area (Å²) in [6, 6.07) is 8.14. The van der Waals surface area contributed by atoms with Crippen LogP contribution in [0.5, 0.6) is 0 Å². The highest BCUT2D eigenvalue weighted by Gasteiger charge is 2.22. The first-order chi connectivity index (χ1) is 8.45. The van der Waals surface area contributed by atoms with Crippen LogP contribution in [0.3, 0.4) is 0 Å². The van der Waals surface area contributed by atoms with Gasteiger partial charge in [0.15, 0.2) is 0 Å². The Kier molecular flexibility index (Phi) is 4.75. The van der Waals surface area contributed by atoms with Crippen molar-refractivity contribution in [2.45, 2.75) is 27.7 Å². The molecule has 18 heavy (non-hydrogen) atoms. The van der Waals surface area contributed by atoms with E-state index in [-0.39, 0.29) is 5.41 Å². The zero-order valence-corrected chi connectivity index (χ0v) is 11.8. The Morgan fingerprint density at radius 2 is 2.06 bits per heavy atom. The standard InChI is InChI=1S/C15H23N3/c1-5-18(11-15(3,4)10-17)14-12(2)7-6-8-13(14)9-16/h6-8H,5,10-11,17H2,1-4H3. The maximum absolute atomic E-state index is 9.24. The monoisotopic (exact) mass is 245 g/mol. The molecule has 1 aromatic carbocycles. The van der Waals surface area contributed by atoms with Gasteiger partial charge in [0.05, 0.1) is 11.3 Å². The smallest absolute Gasteiger partial charge is 0.101 e. The average molecular weight is 245 g/mol. The summed E-state index contributed by atoms with van der Waals surface area (Å²) in [7, 11) is 0. The van der Waals surface area contributed by atoms with E-state index in [1.165, 1.54) is 0 Å². The fourth-order valence-corrected chi connectivity index (χ4v) is 2.10.